The summed E-state index contributed by atoms with van der Waals surface area (Å²) in [7, 11) is 0. The largest absolute Gasteiger partial charge is 0.447 e. The topological polar surface area (TPSA) is 58.3 Å². The molecule has 1 atom stereocenters. The van der Waals surface area contributed by atoms with Gasteiger partial charge in [-0.15, -0.1) is 0 Å². The summed E-state index contributed by atoms with van der Waals surface area (Å²) in [4.78, 5) is 3.82. The van der Waals surface area contributed by atoms with Gasteiger partial charge in [0, 0.05) is 6.04 Å². The summed E-state index contributed by atoms with van der Waals surface area (Å²) in [6.45, 7) is 5.06. The molecule has 1 heterocycles. The number of hydrogen-bond donors (Lipinski definition) is 2. The molecular formula is C10H18N2O2. The Morgan fingerprint density at radius 2 is 2.36 bits per heavy atom. The number of rotatable bonds is 6. The highest BCUT2D eigenvalue weighted by Gasteiger charge is 2.09. The summed E-state index contributed by atoms with van der Waals surface area (Å²) in [5.74, 6) is 1.38. The van der Waals surface area contributed by atoms with E-state index in [2.05, 4.69) is 24.1 Å². The van der Waals surface area contributed by atoms with Gasteiger partial charge in [0.2, 0.25) is 0 Å². The molecule has 0 bridgehead atoms. The molecule has 0 radical (unpaired) electrons. The zero-order chi connectivity index (χ0) is 10.4. The molecule has 80 valence electrons. The molecule has 0 aromatic carbocycles. The molecule has 0 aliphatic rings. The first-order valence-corrected chi connectivity index (χ1v) is 4.94. The molecule has 0 fully saturated rings. The minimum Gasteiger partial charge on any atom is -0.447 e. The number of oxazole rings is 1. The van der Waals surface area contributed by atoms with Crippen LogP contribution in [-0.4, -0.2) is 22.7 Å². The maximum absolute atomic E-state index is 9.09. The van der Waals surface area contributed by atoms with E-state index >= 15 is 0 Å². The van der Waals surface area contributed by atoms with Crippen LogP contribution < -0.4 is 5.32 Å². The third kappa shape index (κ3) is 3.89. The van der Waals surface area contributed by atoms with E-state index in [1.54, 1.807) is 6.20 Å². The van der Waals surface area contributed by atoms with E-state index in [0.717, 1.165) is 12.2 Å². The summed E-state index contributed by atoms with van der Waals surface area (Å²) >= 11 is 0. The number of aromatic nitrogens is 1. The Balaban J connectivity index is 2.27. The van der Waals surface area contributed by atoms with E-state index in [1.807, 2.05) is 0 Å². The molecule has 0 amide bonds. The predicted octanol–water partition coefficient (Wildman–Crippen LogP) is 1.17. The molecule has 1 unspecified atom stereocenters. The van der Waals surface area contributed by atoms with Crippen molar-refractivity contribution in [2.75, 3.05) is 6.61 Å². The molecule has 0 saturated carbocycles. The van der Waals surface area contributed by atoms with Crippen molar-refractivity contribution in [3.8, 4) is 0 Å². The Bertz CT molecular complexity index is 234. The molecule has 0 aliphatic carbocycles. The first kappa shape index (κ1) is 11.2. The third-order valence-corrected chi connectivity index (χ3v) is 2.02. The van der Waals surface area contributed by atoms with Crippen molar-refractivity contribution in [1.82, 2.24) is 10.3 Å². The second-order valence-electron chi connectivity index (χ2n) is 3.86. The van der Waals surface area contributed by atoms with Crippen LogP contribution >= 0.6 is 0 Å². The first-order chi connectivity index (χ1) is 6.72. The molecule has 1 aromatic heterocycles. The Hall–Kier alpha value is -0.870. The normalized spacial score (nSPS) is 13.4. The van der Waals surface area contributed by atoms with Crippen LogP contribution in [0.15, 0.2) is 17.0 Å². The van der Waals surface area contributed by atoms with Crippen molar-refractivity contribution in [3.05, 3.63) is 18.4 Å². The van der Waals surface area contributed by atoms with Gasteiger partial charge in [-0.05, 0) is 12.3 Å². The van der Waals surface area contributed by atoms with Gasteiger partial charge in [0.1, 0.15) is 5.76 Å². The van der Waals surface area contributed by atoms with E-state index in [4.69, 9.17) is 9.52 Å². The monoisotopic (exact) mass is 198 g/mol. The lowest BCUT2D eigenvalue weighted by atomic mass is 10.0. The van der Waals surface area contributed by atoms with Crippen molar-refractivity contribution in [2.45, 2.75) is 32.9 Å². The number of aliphatic hydroxyl groups excluding tert-OH is 1. The Morgan fingerprint density at radius 3 is 2.86 bits per heavy atom. The van der Waals surface area contributed by atoms with Gasteiger partial charge in [-0.3, -0.25) is 0 Å². The Kier molecular flexibility index (Phi) is 4.62. The van der Waals surface area contributed by atoms with E-state index in [1.165, 1.54) is 6.39 Å². The minimum atomic E-state index is 0.139. The van der Waals surface area contributed by atoms with Gasteiger partial charge in [-0.25, -0.2) is 4.98 Å². The van der Waals surface area contributed by atoms with E-state index in [0.29, 0.717) is 12.5 Å². The van der Waals surface area contributed by atoms with Crippen LogP contribution in [0.5, 0.6) is 0 Å². The van der Waals surface area contributed by atoms with Crippen LogP contribution in [0.4, 0.5) is 0 Å². The summed E-state index contributed by atoms with van der Waals surface area (Å²) in [6, 6.07) is 0.139. The van der Waals surface area contributed by atoms with Crippen LogP contribution in [0.25, 0.3) is 0 Å². The van der Waals surface area contributed by atoms with E-state index in [-0.39, 0.29) is 12.6 Å². The summed E-state index contributed by atoms with van der Waals surface area (Å²) in [5.41, 5.74) is 0. The lowest BCUT2D eigenvalue weighted by Crippen LogP contribution is -2.33. The van der Waals surface area contributed by atoms with Crippen LogP contribution in [0.2, 0.25) is 0 Å². The van der Waals surface area contributed by atoms with Crippen molar-refractivity contribution in [2.24, 2.45) is 5.92 Å². The maximum Gasteiger partial charge on any atom is 0.180 e. The van der Waals surface area contributed by atoms with Crippen LogP contribution in [0.1, 0.15) is 26.0 Å². The van der Waals surface area contributed by atoms with E-state index in [9.17, 15) is 0 Å². The van der Waals surface area contributed by atoms with E-state index < -0.39 is 0 Å². The molecule has 1 aromatic rings. The van der Waals surface area contributed by atoms with Gasteiger partial charge in [0.15, 0.2) is 6.39 Å². The molecule has 4 nitrogen and oxygen atoms in total. The SMILES string of the molecule is CC(C)CC(CO)NCc1cnco1. The van der Waals surface area contributed by atoms with Crippen molar-refractivity contribution in [3.63, 3.8) is 0 Å². The molecule has 0 spiro atoms. The molecule has 0 aliphatic heterocycles. The number of hydrogen-bond acceptors (Lipinski definition) is 4. The molecule has 2 N–H and O–H groups in total. The summed E-state index contributed by atoms with van der Waals surface area (Å²) in [5, 5.41) is 12.3. The van der Waals surface area contributed by atoms with Gasteiger partial charge >= 0.3 is 0 Å². The van der Waals surface area contributed by atoms with Crippen molar-refractivity contribution in [1.29, 1.82) is 0 Å². The number of nitrogens with zero attached hydrogens (tertiary/aromatic N) is 1. The highest BCUT2D eigenvalue weighted by atomic mass is 16.3. The standard InChI is InChI=1S/C10H18N2O2/c1-8(2)3-9(6-13)12-5-10-4-11-7-14-10/h4,7-9,12-13H,3,5-6H2,1-2H3. The predicted molar refractivity (Wildman–Crippen MR) is 53.7 cm³/mol. The van der Waals surface area contributed by atoms with Gasteiger partial charge < -0.3 is 14.8 Å². The lowest BCUT2D eigenvalue weighted by Gasteiger charge is -2.17. The Labute approximate surface area is 84.3 Å². The second-order valence-corrected chi connectivity index (χ2v) is 3.86. The smallest absolute Gasteiger partial charge is 0.180 e. The third-order valence-electron chi connectivity index (χ3n) is 2.02. The zero-order valence-corrected chi connectivity index (χ0v) is 8.73. The highest BCUT2D eigenvalue weighted by molar-refractivity contribution is 4.88. The van der Waals surface area contributed by atoms with Gasteiger partial charge in [-0.1, -0.05) is 13.8 Å². The van der Waals surface area contributed by atoms with Crippen LogP contribution in [-0.2, 0) is 6.54 Å². The quantitative estimate of drug-likeness (QED) is 0.720. The summed E-state index contributed by atoms with van der Waals surface area (Å²) < 4.78 is 5.08. The fraction of sp³-hybridized carbons (Fsp3) is 0.700. The Morgan fingerprint density at radius 1 is 1.57 bits per heavy atom. The number of nitrogens with one attached hydrogen (secondary N) is 1. The summed E-state index contributed by atoms with van der Waals surface area (Å²) in [6.07, 6.45) is 4.05. The minimum absolute atomic E-state index is 0.139. The molecular weight excluding hydrogens is 180 g/mol. The second kappa shape index (κ2) is 5.78. The molecule has 14 heavy (non-hydrogen) atoms. The highest BCUT2D eigenvalue weighted by Crippen LogP contribution is 2.05. The van der Waals surface area contributed by atoms with Crippen LogP contribution in [0, 0.1) is 5.92 Å². The molecule has 4 heteroatoms. The van der Waals surface area contributed by atoms with Gasteiger partial charge in [-0.2, -0.15) is 0 Å². The van der Waals surface area contributed by atoms with Crippen molar-refractivity contribution < 1.29 is 9.52 Å². The maximum atomic E-state index is 9.09. The average molecular weight is 198 g/mol. The van der Waals surface area contributed by atoms with Crippen molar-refractivity contribution >= 4 is 0 Å². The lowest BCUT2D eigenvalue weighted by molar-refractivity contribution is 0.221. The van der Waals surface area contributed by atoms with Crippen LogP contribution in [0.3, 0.4) is 0 Å². The zero-order valence-electron chi connectivity index (χ0n) is 8.73. The van der Waals surface area contributed by atoms with Gasteiger partial charge in [0.05, 0.1) is 19.3 Å². The fourth-order valence-corrected chi connectivity index (χ4v) is 1.37. The molecule has 1 rings (SSSR count). The molecule has 0 saturated heterocycles. The number of aliphatic hydroxyl groups is 1. The first-order valence-electron chi connectivity index (χ1n) is 4.94. The average Bonchev–Trinajstić information content (AvgIpc) is 2.64. The van der Waals surface area contributed by atoms with Gasteiger partial charge in [0.25, 0.3) is 0 Å². The fourth-order valence-electron chi connectivity index (χ4n) is 1.37.